The molecule has 0 bridgehead atoms. The lowest BCUT2D eigenvalue weighted by Crippen LogP contribution is -2.15. The van der Waals surface area contributed by atoms with Crippen molar-refractivity contribution in [3.8, 4) is 11.5 Å². The van der Waals surface area contributed by atoms with Gasteiger partial charge in [0.25, 0.3) is 0 Å². The number of benzene rings is 1. The van der Waals surface area contributed by atoms with Gasteiger partial charge in [-0.25, -0.2) is 0 Å². The van der Waals surface area contributed by atoms with Crippen molar-refractivity contribution >= 4 is 11.6 Å². The van der Waals surface area contributed by atoms with Crippen LogP contribution in [0.1, 0.15) is 31.7 Å². The van der Waals surface area contributed by atoms with Crippen LogP contribution in [0.25, 0.3) is 0 Å². The highest BCUT2D eigenvalue weighted by Crippen LogP contribution is 2.30. The van der Waals surface area contributed by atoms with Gasteiger partial charge < -0.3 is 10.1 Å². The lowest BCUT2D eigenvalue weighted by atomic mass is 10.2. The molecule has 112 valence electrons. The summed E-state index contributed by atoms with van der Waals surface area (Å²) in [6, 6.07) is 6.63. The quantitative estimate of drug-likeness (QED) is 0.840. The molecule has 1 fully saturated rings. The molecule has 0 saturated heterocycles. The minimum absolute atomic E-state index is 0.633. The van der Waals surface area contributed by atoms with E-state index in [9.17, 15) is 0 Å². The number of hydrogen-bond donors (Lipinski definition) is 1. The fraction of sp³-hybridized carbons (Fsp3) is 0.438. The molecule has 0 radical (unpaired) electrons. The number of rotatable bonds is 7. The second-order valence-electron chi connectivity index (χ2n) is 5.46. The first kappa shape index (κ1) is 14.4. The molecule has 1 aliphatic carbocycles. The highest BCUT2D eigenvalue weighted by Gasteiger charge is 2.20. The van der Waals surface area contributed by atoms with Crippen molar-refractivity contribution in [3.63, 3.8) is 0 Å². The van der Waals surface area contributed by atoms with Gasteiger partial charge in [0.15, 0.2) is 5.75 Å². The minimum atomic E-state index is 0.633. The highest BCUT2D eigenvalue weighted by molar-refractivity contribution is 6.32. The van der Waals surface area contributed by atoms with Crippen LogP contribution in [-0.2, 0) is 13.1 Å². The summed E-state index contributed by atoms with van der Waals surface area (Å²) in [5, 5.41) is 8.35. The second-order valence-corrected chi connectivity index (χ2v) is 5.87. The zero-order chi connectivity index (χ0) is 14.7. The Bertz CT molecular complexity index is 607. The predicted molar refractivity (Wildman–Crippen MR) is 83.9 cm³/mol. The maximum Gasteiger partial charge on any atom is 0.165 e. The van der Waals surface area contributed by atoms with Crippen LogP contribution in [0.2, 0.25) is 5.02 Å². The molecule has 0 atom stereocenters. The predicted octanol–water partition coefficient (Wildman–Crippen LogP) is 3.99. The van der Waals surface area contributed by atoms with Gasteiger partial charge in [0, 0.05) is 19.1 Å². The Hall–Kier alpha value is -1.52. The lowest BCUT2D eigenvalue weighted by Gasteiger charge is -2.08. The number of hydrogen-bond acceptors (Lipinski definition) is 3. The monoisotopic (exact) mass is 305 g/mol. The summed E-state index contributed by atoms with van der Waals surface area (Å²) in [5.74, 6) is 1.39. The van der Waals surface area contributed by atoms with Crippen LogP contribution in [0, 0.1) is 0 Å². The SMILES string of the molecule is CCCn1cc(Oc2ccc(CNC3CC3)cc2Cl)cn1. The van der Waals surface area contributed by atoms with Crippen molar-refractivity contribution < 1.29 is 4.74 Å². The molecule has 1 saturated carbocycles. The minimum Gasteiger partial charge on any atom is -0.452 e. The largest absolute Gasteiger partial charge is 0.452 e. The van der Waals surface area contributed by atoms with Crippen LogP contribution in [0.15, 0.2) is 30.6 Å². The zero-order valence-corrected chi connectivity index (χ0v) is 12.9. The van der Waals surface area contributed by atoms with Gasteiger partial charge in [-0.3, -0.25) is 4.68 Å². The van der Waals surface area contributed by atoms with Gasteiger partial charge in [0.1, 0.15) is 5.75 Å². The lowest BCUT2D eigenvalue weighted by molar-refractivity contribution is 0.480. The molecule has 0 spiro atoms. The number of nitrogens with one attached hydrogen (secondary N) is 1. The molecule has 3 rings (SSSR count). The Morgan fingerprint density at radius 3 is 3.00 bits per heavy atom. The van der Waals surface area contributed by atoms with E-state index in [1.165, 1.54) is 18.4 Å². The number of ether oxygens (including phenoxy) is 1. The first-order chi connectivity index (χ1) is 10.2. The third kappa shape index (κ3) is 3.99. The molecule has 1 aromatic carbocycles. The van der Waals surface area contributed by atoms with Crippen molar-refractivity contribution in [1.29, 1.82) is 0 Å². The van der Waals surface area contributed by atoms with E-state index in [0.717, 1.165) is 19.5 Å². The van der Waals surface area contributed by atoms with E-state index in [1.807, 2.05) is 29.1 Å². The summed E-state index contributed by atoms with van der Waals surface area (Å²) in [6.45, 7) is 3.87. The van der Waals surface area contributed by atoms with Gasteiger partial charge in [0.2, 0.25) is 0 Å². The molecule has 2 aromatic rings. The molecule has 4 nitrogen and oxygen atoms in total. The smallest absolute Gasteiger partial charge is 0.165 e. The summed E-state index contributed by atoms with van der Waals surface area (Å²) in [7, 11) is 0. The normalized spacial score (nSPS) is 14.4. The summed E-state index contributed by atoms with van der Waals surface area (Å²) >= 11 is 6.30. The van der Waals surface area contributed by atoms with Gasteiger partial charge in [-0.15, -0.1) is 0 Å². The molecule has 1 N–H and O–H groups in total. The Morgan fingerprint density at radius 2 is 2.29 bits per heavy atom. The third-order valence-electron chi connectivity index (χ3n) is 3.46. The van der Waals surface area contributed by atoms with E-state index in [4.69, 9.17) is 16.3 Å². The van der Waals surface area contributed by atoms with Crippen molar-refractivity contribution in [3.05, 3.63) is 41.2 Å². The van der Waals surface area contributed by atoms with Crippen LogP contribution in [0.4, 0.5) is 0 Å². The standard InChI is InChI=1S/C16H20ClN3O/c1-2-7-20-11-14(10-19-20)21-16-6-3-12(8-15(16)17)9-18-13-4-5-13/h3,6,8,10-11,13,18H,2,4-5,7,9H2,1H3. The van der Waals surface area contributed by atoms with E-state index >= 15 is 0 Å². The van der Waals surface area contributed by atoms with Crippen molar-refractivity contribution in [2.24, 2.45) is 0 Å². The molecular formula is C16H20ClN3O. The number of nitrogens with zero attached hydrogens (tertiary/aromatic N) is 2. The van der Waals surface area contributed by atoms with Gasteiger partial charge in [-0.1, -0.05) is 24.6 Å². The van der Waals surface area contributed by atoms with Crippen molar-refractivity contribution in [2.75, 3.05) is 0 Å². The molecule has 21 heavy (non-hydrogen) atoms. The van der Waals surface area contributed by atoms with Gasteiger partial charge in [-0.2, -0.15) is 5.10 Å². The van der Waals surface area contributed by atoms with Gasteiger partial charge in [0.05, 0.1) is 17.4 Å². The second kappa shape index (κ2) is 6.50. The maximum atomic E-state index is 6.30. The zero-order valence-electron chi connectivity index (χ0n) is 12.2. The maximum absolute atomic E-state index is 6.30. The average molecular weight is 306 g/mol. The van der Waals surface area contributed by atoms with E-state index in [1.54, 1.807) is 6.20 Å². The molecule has 0 unspecified atom stereocenters. The highest BCUT2D eigenvalue weighted by atomic mass is 35.5. The van der Waals surface area contributed by atoms with Crippen LogP contribution in [-0.4, -0.2) is 15.8 Å². The summed E-state index contributed by atoms with van der Waals surface area (Å²) in [4.78, 5) is 0. The van der Waals surface area contributed by atoms with Gasteiger partial charge in [-0.05, 0) is 37.0 Å². The molecule has 0 amide bonds. The Morgan fingerprint density at radius 1 is 1.43 bits per heavy atom. The first-order valence-electron chi connectivity index (χ1n) is 7.46. The summed E-state index contributed by atoms with van der Waals surface area (Å²) in [5.41, 5.74) is 1.18. The Labute approximate surface area is 130 Å². The molecule has 1 aliphatic rings. The Kier molecular flexibility index (Phi) is 4.46. The number of aromatic nitrogens is 2. The van der Waals surface area contributed by atoms with E-state index < -0.39 is 0 Å². The van der Waals surface area contributed by atoms with Gasteiger partial charge >= 0.3 is 0 Å². The first-order valence-corrected chi connectivity index (χ1v) is 7.84. The average Bonchev–Trinajstić information content (AvgIpc) is 3.20. The molecule has 5 heteroatoms. The van der Waals surface area contributed by atoms with Crippen molar-refractivity contribution in [1.82, 2.24) is 15.1 Å². The van der Waals surface area contributed by atoms with Crippen LogP contribution < -0.4 is 10.1 Å². The molecule has 0 aliphatic heterocycles. The van der Waals surface area contributed by atoms with E-state index in [-0.39, 0.29) is 0 Å². The topological polar surface area (TPSA) is 39.1 Å². The molecule has 1 heterocycles. The number of aryl methyl sites for hydroxylation is 1. The summed E-state index contributed by atoms with van der Waals surface area (Å²) in [6.07, 6.45) is 7.23. The molecule has 1 aromatic heterocycles. The number of halogens is 1. The van der Waals surface area contributed by atoms with E-state index in [0.29, 0.717) is 22.6 Å². The van der Waals surface area contributed by atoms with E-state index in [2.05, 4.69) is 17.3 Å². The fourth-order valence-electron chi connectivity index (χ4n) is 2.16. The van der Waals surface area contributed by atoms with Crippen LogP contribution in [0.3, 0.4) is 0 Å². The molecular weight excluding hydrogens is 286 g/mol. The van der Waals surface area contributed by atoms with Crippen molar-refractivity contribution in [2.45, 2.75) is 45.3 Å². The third-order valence-corrected chi connectivity index (χ3v) is 3.75. The fourth-order valence-corrected chi connectivity index (χ4v) is 2.40. The van der Waals surface area contributed by atoms with Crippen LogP contribution in [0.5, 0.6) is 11.5 Å². The van der Waals surface area contributed by atoms with Crippen LogP contribution >= 0.6 is 11.6 Å². The summed E-state index contributed by atoms with van der Waals surface area (Å²) < 4.78 is 7.67. The Balaban J connectivity index is 1.63.